The number of nitrogens with one attached hydrogen (secondary N) is 1. The maximum absolute atomic E-state index is 6.16. The summed E-state index contributed by atoms with van der Waals surface area (Å²) in [5.74, 6) is 1.84. The third-order valence-corrected chi connectivity index (χ3v) is 5.94. The van der Waals surface area contributed by atoms with Crippen LogP contribution in [-0.2, 0) is 15.6 Å². The van der Waals surface area contributed by atoms with Gasteiger partial charge in [0.2, 0.25) is 0 Å². The van der Waals surface area contributed by atoms with E-state index >= 15 is 0 Å². The molecule has 0 aliphatic heterocycles. The molecule has 1 N–H and O–H groups in total. The Morgan fingerprint density at radius 3 is 2.36 bits per heavy atom. The summed E-state index contributed by atoms with van der Waals surface area (Å²) in [6.07, 6.45) is 15.1. The molecule has 160 valence electrons. The lowest BCUT2D eigenvalue weighted by Crippen LogP contribution is -2.00. The molecule has 0 radical (unpaired) electrons. The summed E-state index contributed by atoms with van der Waals surface area (Å²) in [5.41, 5.74) is 1.58. The quantitative estimate of drug-likeness (QED) is 0.135. The van der Waals surface area contributed by atoms with Crippen molar-refractivity contribution in [3.63, 3.8) is 0 Å². The van der Waals surface area contributed by atoms with Gasteiger partial charge < -0.3 is 0 Å². The van der Waals surface area contributed by atoms with Crippen LogP contribution in [0.2, 0.25) is 5.02 Å². The van der Waals surface area contributed by atoms with Gasteiger partial charge in [-0.3, -0.25) is 5.10 Å². The standard InChI is InChI=1S/C20H35ClN4O2S/c1-3-4-5-6-7-8-9-10-11-12-16-28-27-26-15-13-14-18-22-23-20-19(21)17(2)24-25(18)20/h24H,3-16H2,1-2H3. The van der Waals surface area contributed by atoms with Gasteiger partial charge in [0.15, 0.2) is 11.5 Å². The topological polar surface area (TPSA) is 64.4 Å². The first kappa shape index (κ1) is 23.5. The van der Waals surface area contributed by atoms with Gasteiger partial charge in [0.1, 0.15) is 5.02 Å². The fourth-order valence-electron chi connectivity index (χ4n) is 3.16. The summed E-state index contributed by atoms with van der Waals surface area (Å²) < 4.78 is 7.02. The van der Waals surface area contributed by atoms with Crippen LogP contribution < -0.4 is 0 Å². The highest BCUT2D eigenvalue weighted by atomic mass is 35.5. The van der Waals surface area contributed by atoms with E-state index in [1.54, 1.807) is 0 Å². The Morgan fingerprint density at radius 1 is 0.964 bits per heavy atom. The van der Waals surface area contributed by atoms with E-state index in [0.717, 1.165) is 30.1 Å². The molecule has 0 saturated carbocycles. The van der Waals surface area contributed by atoms with Crippen molar-refractivity contribution < 1.29 is 9.22 Å². The lowest BCUT2D eigenvalue weighted by Gasteiger charge is -2.03. The molecule has 2 heterocycles. The molecule has 8 heteroatoms. The number of H-pyrrole nitrogens is 1. The number of fused-ring (bicyclic) bond motifs is 1. The molecule has 0 aliphatic rings. The van der Waals surface area contributed by atoms with Crippen LogP contribution in [0, 0.1) is 6.92 Å². The normalized spacial score (nSPS) is 11.7. The predicted octanol–water partition coefficient (Wildman–Crippen LogP) is 6.47. The molecule has 28 heavy (non-hydrogen) atoms. The van der Waals surface area contributed by atoms with Crippen LogP contribution >= 0.6 is 23.6 Å². The van der Waals surface area contributed by atoms with E-state index in [9.17, 15) is 0 Å². The minimum Gasteiger partial charge on any atom is -0.294 e. The average molecular weight is 431 g/mol. The van der Waals surface area contributed by atoms with Crippen LogP contribution in [0.15, 0.2) is 0 Å². The van der Waals surface area contributed by atoms with Gasteiger partial charge in [0, 0.05) is 24.2 Å². The SMILES string of the molecule is CCCCCCCCCCCCSOOCCCc1nnc2c(Cl)c(C)[nH]n12. The Balaban J connectivity index is 1.37. The Bertz CT molecular complexity index is 662. The van der Waals surface area contributed by atoms with E-state index in [1.807, 2.05) is 11.4 Å². The van der Waals surface area contributed by atoms with E-state index in [1.165, 1.54) is 76.3 Å². The van der Waals surface area contributed by atoms with Crippen molar-refractivity contribution in [2.24, 2.45) is 0 Å². The molecule has 0 aromatic carbocycles. The monoisotopic (exact) mass is 430 g/mol. The molecule has 0 amide bonds. The molecule has 2 aromatic heterocycles. The first-order valence-corrected chi connectivity index (χ1v) is 12.0. The number of halogens is 1. The van der Waals surface area contributed by atoms with Gasteiger partial charge in [-0.25, -0.2) is 9.40 Å². The van der Waals surface area contributed by atoms with Crippen LogP contribution in [0.5, 0.6) is 0 Å². The third kappa shape index (κ3) is 8.31. The zero-order chi connectivity index (χ0) is 20.0. The largest absolute Gasteiger partial charge is 0.294 e. The summed E-state index contributed by atoms with van der Waals surface area (Å²) in [6, 6.07) is 0. The van der Waals surface area contributed by atoms with Gasteiger partial charge in [0.05, 0.1) is 12.3 Å². The lowest BCUT2D eigenvalue weighted by atomic mass is 10.1. The number of hydrogen-bond donors (Lipinski definition) is 1. The van der Waals surface area contributed by atoms with Crippen LogP contribution in [0.3, 0.4) is 0 Å². The minimum absolute atomic E-state index is 0.535. The molecule has 0 fully saturated rings. The zero-order valence-electron chi connectivity index (χ0n) is 17.3. The molecule has 6 nitrogen and oxygen atoms in total. The molecule has 0 unspecified atom stereocenters. The number of aryl methyl sites for hydroxylation is 2. The number of hydrogen-bond acceptors (Lipinski definition) is 5. The van der Waals surface area contributed by atoms with Crippen molar-refractivity contribution in [3.05, 3.63) is 16.5 Å². The van der Waals surface area contributed by atoms with Crippen molar-refractivity contribution in [3.8, 4) is 0 Å². The molecule has 0 bridgehead atoms. The van der Waals surface area contributed by atoms with Gasteiger partial charge in [-0.2, -0.15) is 4.33 Å². The Hall–Kier alpha value is -0.760. The van der Waals surface area contributed by atoms with Gasteiger partial charge >= 0.3 is 0 Å². The Kier molecular flexibility index (Phi) is 12.0. The van der Waals surface area contributed by atoms with Crippen LogP contribution in [0.4, 0.5) is 0 Å². The average Bonchev–Trinajstić information content (AvgIpc) is 3.21. The van der Waals surface area contributed by atoms with E-state index in [0.29, 0.717) is 17.3 Å². The molecule has 0 saturated heterocycles. The number of aromatic nitrogens is 4. The first-order valence-electron chi connectivity index (χ1n) is 10.7. The number of aromatic amines is 1. The predicted molar refractivity (Wildman–Crippen MR) is 117 cm³/mol. The summed E-state index contributed by atoms with van der Waals surface area (Å²) in [7, 11) is 0. The van der Waals surface area contributed by atoms with E-state index < -0.39 is 0 Å². The fourth-order valence-corrected chi connectivity index (χ4v) is 3.85. The van der Waals surface area contributed by atoms with Gasteiger partial charge in [-0.1, -0.05) is 76.3 Å². The minimum atomic E-state index is 0.535. The highest BCUT2D eigenvalue weighted by Crippen LogP contribution is 2.20. The van der Waals surface area contributed by atoms with Crippen molar-refractivity contribution in [1.29, 1.82) is 0 Å². The Morgan fingerprint density at radius 2 is 1.64 bits per heavy atom. The number of unbranched alkanes of at least 4 members (excludes halogenated alkanes) is 9. The van der Waals surface area contributed by atoms with E-state index in [4.69, 9.17) is 20.8 Å². The molecule has 0 atom stereocenters. The van der Waals surface area contributed by atoms with Crippen LogP contribution in [0.25, 0.3) is 5.65 Å². The summed E-state index contributed by atoms with van der Waals surface area (Å²) in [5, 5.41) is 12.1. The summed E-state index contributed by atoms with van der Waals surface area (Å²) >= 11 is 7.56. The highest BCUT2D eigenvalue weighted by Gasteiger charge is 2.12. The molecule has 0 aliphatic carbocycles. The number of rotatable bonds is 17. The molecule has 2 aromatic rings. The zero-order valence-corrected chi connectivity index (χ0v) is 18.9. The fraction of sp³-hybridized carbons (Fsp3) is 0.800. The number of nitrogens with zero attached hydrogens (tertiary/aromatic N) is 3. The maximum atomic E-state index is 6.16. The van der Waals surface area contributed by atoms with Crippen molar-refractivity contribution in [2.45, 2.75) is 90.9 Å². The second-order valence-corrected chi connectivity index (χ2v) is 8.48. The lowest BCUT2D eigenvalue weighted by molar-refractivity contribution is -0.191. The van der Waals surface area contributed by atoms with Gasteiger partial charge in [-0.05, 0) is 19.8 Å². The molecular weight excluding hydrogens is 396 g/mol. The smallest absolute Gasteiger partial charge is 0.196 e. The Labute approximate surface area is 178 Å². The van der Waals surface area contributed by atoms with Crippen molar-refractivity contribution in [2.75, 3.05) is 12.4 Å². The third-order valence-electron chi connectivity index (χ3n) is 4.84. The molecule has 2 rings (SSSR count). The maximum Gasteiger partial charge on any atom is 0.196 e. The van der Waals surface area contributed by atoms with Crippen LogP contribution in [-0.4, -0.2) is 32.2 Å². The van der Waals surface area contributed by atoms with E-state index in [-0.39, 0.29) is 0 Å². The molecular formula is C20H35ClN4O2S. The van der Waals surface area contributed by atoms with E-state index in [2.05, 4.69) is 22.2 Å². The summed E-state index contributed by atoms with van der Waals surface area (Å²) in [6.45, 7) is 4.72. The van der Waals surface area contributed by atoms with Crippen molar-refractivity contribution >= 4 is 29.3 Å². The van der Waals surface area contributed by atoms with Gasteiger partial charge in [-0.15, -0.1) is 10.2 Å². The second kappa shape index (κ2) is 14.3. The second-order valence-electron chi connectivity index (χ2n) is 7.32. The van der Waals surface area contributed by atoms with Gasteiger partial charge in [0.25, 0.3) is 0 Å². The van der Waals surface area contributed by atoms with Crippen molar-refractivity contribution in [1.82, 2.24) is 19.8 Å². The highest BCUT2D eigenvalue weighted by molar-refractivity contribution is 7.94. The first-order chi connectivity index (χ1) is 13.7. The molecule has 0 spiro atoms. The summed E-state index contributed by atoms with van der Waals surface area (Å²) in [4.78, 5) is 5.23. The van der Waals surface area contributed by atoms with Crippen LogP contribution in [0.1, 0.15) is 89.1 Å².